The molecule has 10 nitrogen and oxygen atoms in total. The molecule has 5 fully saturated rings. The lowest BCUT2D eigenvalue weighted by Crippen LogP contribution is -2.62. The minimum atomic E-state index is -0.792. The molecule has 192 valence electrons. The molecule has 0 aromatic heterocycles. The van der Waals surface area contributed by atoms with Gasteiger partial charge in [0.1, 0.15) is 6.54 Å². The average Bonchev–Trinajstić information content (AvgIpc) is 3.25. The van der Waals surface area contributed by atoms with E-state index in [1.54, 1.807) is 29.2 Å². The third-order valence-corrected chi connectivity index (χ3v) is 7.94. The molecule has 5 aliphatic rings. The molecule has 4 bridgehead atoms. The number of carbonyl (C=O) groups excluding carboxylic acids is 5. The zero-order chi connectivity index (χ0) is 25.3. The number of esters is 1. The fraction of sp³-hybridized carbons (Fsp3) is 0.577. The lowest BCUT2D eigenvalue weighted by atomic mass is 9.53. The first kappa shape index (κ1) is 24.3. The van der Waals surface area contributed by atoms with Gasteiger partial charge in [0.2, 0.25) is 5.91 Å². The van der Waals surface area contributed by atoms with Crippen LogP contribution in [0, 0.1) is 17.8 Å². The van der Waals surface area contributed by atoms with Gasteiger partial charge in [-0.05, 0) is 87.0 Å². The molecule has 4 aliphatic carbocycles. The molecule has 1 saturated heterocycles. The number of urea groups is 1. The molecule has 0 radical (unpaired) electrons. The maximum absolute atomic E-state index is 12.4. The van der Waals surface area contributed by atoms with Gasteiger partial charge in [0, 0.05) is 29.8 Å². The summed E-state index contributed by atoms with van der Waals surface area (Å²) in [4.78, 5) is 62.3. The monoisotopic (exact) mass is 496 g/mol. The maximum Gasteiger partial charge on any atom is 0.325 e. The van der Waals surface area contributed by atoms with Gasteiger partial charge in [-0.3, -0.25) is 24.5 Å². The fourth-order valence-corrected chi connectivity index (χ4v) is 6.86. The number of hydrogen-bond donors (Lipinski definition) is 3. The molecule has 0 spiro atoms. The summed E-state index contributed by atoms with van der Waals surface area (Å²) < 4.78 is 4.89. The quantitative estimate of drug-likeness (QED) is 0.494. The number of imide groups is 1. The second-order valence-electron chi connectivity index (χ2n) is 10.7. The van der Waals surface area contributed by atoms with Crippen LogP contribution in [-0.2, 0) is 19.1 Å². The summed E-state index contributed by atoms with van der Waals surface area (Å²) in [7, 11) is 0. The van der Waals surface area contributed by atoms with Gasteiger partial charge in [0.05, 0.1) is 0 Å². The summed E-state index contributed by atoms with van der Waals surface area (Å²) in [6.45, 7) is -0.368. The fourth-order valence-electron chi connectivity index (χ4n) is 6.86. The highest BCUT2D eigenvalue weighted by atomic mass is 16.5. The van der Waals surface area contributed by atoms with Crippen molar-refractivity contribution in [3.05, 3.63) is 29.8 Å². The topological polar surface area (TPSA) is 134 Å². The van der Waals surface area contributed by atoms with Crippen molar-refractivity contribution < 1.29 is 28.7 Å². The summed E-state index contributed by atoms with van der Waals surface area (Å²) in [6.07, 6.45) is 7.98. The molecule has 5 amide bonds. The van der Waals surface area contributed by atoms with E-state index in [1.165, 1.54) is 19.3 Å². The highest BCUT2D eigenvalue weighted by Crippen LogP contribution is 2.55. The molecule has 36 heavy (non-hydrogen) atoms. The van der Waals surface area contributed by atoms with E-state index >= 15 is 0 Å². The Hall–Kier alpha value is -3.43. The Kier molecular flexibility index (Phi) is 6.68. The van der Waals surface area contributed by atoms with Crippen LogP contribution >= 0.6 is 0 Å². The van der Waals surface area contributed by atoms with Gasteiger partial charge >= 0.3 is 12.0 Å². The predicted molar refractivity (Wildman–Crippen MR) is 129 cm³/mol. The number of ether oxygens (including phenoxy) is 1. The Labute approximate surface area is 209 Å². The average molecular weight is 497 g/mol. The summed E-state index contributed by atoms with van der Waals surface area (Å²) in [6, 6.07) is 5.99. The van der Waals surface area contributed by atoms with Gasteiger partial charge in [-0.2, -0.15) is 0 Å². The van der Waals surface area contributed by atoms with Crippen LogP contribution in [0.1, 0.15) is 61.7 Å². The molecule has 0 unspecified atom stereocenters. The van der Waals surface area contributed by atoms with Crippen molar-refractivity contribution in [2.45, 2.75) is 56.9 Å². The minimum absolute atomic E-state index is 0.0595. The summed E-state index contributed by atoms with van der Waals surface area (Å²) in [5.74, 6) is 0.0555. The molecule has 1 heterocycles. The maximum atomic E-state index is 12.4. The van der Waals surface area contributed by atoms with Crippen LogP contribution in [0.3, 0.4) is 0 Å². The van der Waals surface area contributed by atoms with E-state index in [-0.39, 0.29) is 11.4 Å². The van der Waals surface area contributed by atoms with Gasteiger partial charge < -0.3 is 20.3 Å². The van der Waals surface area contributed by atoms with E-state index in [9.17, 15) is 24.0 Å². The van der Waals surface area contributed by atoms with Crippen LogP contribution in [0.25, 0.3) is 0 Å². The third kappa shape index (κ3) is 5.37. The minimum Gasteiger partial charge on any atom is -0.454 e. The van der Waals surface area contributed by atoms with Crippen molar-refractivity contribution in [3.63, 3.8) is 0 Å². The van der Waals surface area contributed by atoms with E-state index < -0.39 is 37.0 Å². The first-order chi connectivity index (χ1) is 17.3. The van der Waals surface area contributed by atoms with E-state index in [1.807, 2.05) is 0 Å². The smallest absolute Gasteiger partial charge is 0.325 e. The standard InChI is InChI=1S/C26H32N4O6/c31-21(28-25(35)29-26-11-16-8-17(12-26)10-18(9-16)13-26)15-36-23(33)14-27-24(34)19-3-5-20(6-4-19)30-7-1-2-22(30)32/h3-6,16-18H,1-2,7-15H2,(H,27,34)(H2,28,29,31,35). The highest BCUT2D eigenvalue weighted by molar-refractivity contribution is 5.99. The lowest BCUT2D eigenvalue weighted by Gasteiger charge is -2.56. The molecule has 1 aliphatic heterocycles. The molecule has 0 atom stereocenters. The van der Waals surface area contributed by atoms with Crippen molar-refractivity contribution >= 4 is 35.4 Å². The van der Waals surface area contributed by atoms with Crippen LogP contribution in [0.2, 0.25) is 0 Å². The van der Waals surface area contributed by atoms with Gasteiger partial charge in [-0.1, -0.05) is 0 Å². The van der Waals surface area contributed by atoms with Crippen LogP contribution < -0.4 is 20.9 Å². The van der Waals surface area contributed by atoms with Crippen LogP contribution in [0.15, 0.2) is 24.3 Å². The Bertz CT molecular complexity index is 1030. The molecule has 1 aromatic rings. The van der Waals surface area contributed by atoms with Gasteiger partial charge in [-0.25, -0.2) is 4.79 Å². The molecular weight excluding hydrogens is 464 g/mol. The second-order valence-corrected chi connectivity index (χ2v) is 10.7. The molecule has 4 saturated carbocycles. The first-order valence-electron chi connectivity index (χ1n) is 12.7. The summed E-state index contributed by atoms with van der Waals surface area (Å²) >= 11 is 0. The number of benzene rings is 1. The Morgan fingerprint density at radius 3 is 2.19 bits per heavy atom. The Morgan fingerprint density at radius 1 is 0.972 bits per heavy atom. The van der Waals surface area contributed by atoms with Crippen molar-refractivity contribution in [3.8, 4) is 0 Å². The first-order valence-corrected chi connectivity index (χ1v) is 12.7. The highest BCUT2D eigenvalue weighted by Gasteiger charge is 2.51. The number of nitrogens with zero attached hydrogens (tertiary/aromatic N) is 1. The van der Waals surface area contributed by atoms with Crippen LogP contribution in [-0.4, -0.2) is 55.0 Å². The summed E-state index contributed by atoms with van der Waals surface area (Å²) in [5.41, 5.74) is 0.839. The van der Waals surface area contributed by atoms with E-state index in [0.717, 1.165) is 31.4 Å². The SMILES string of the molecule is O=C(COC(=O)CNC(=O)c1ccc(N2CCCC2=O)cc1)NC(=O)NC12CC3CC(CC(C3)C1)C2. The van der Waals surface area contributed by atoms with Gasteiger partial charge in [0.15, 0.2) is 6.61 Å². The second kappa shape index (κ2) is 9.91. The van der Waals surface area contributed by atoms with E-state index in [2.05, 4.69) is 16.0 Å². The van der Waals surface area contributed by atoms with Crippen molar-refractivity contribution in [2.75, 3.05) is 24.6 Å². The lowest BCUT2D eigenvalue weighted by molar-refractivity contribution is -0.147. The number of amides is 5. The van der Waals surface area contributed by atoms with Gasteiger partial charge in [-0.15, -0.1) is 0 Å². The van der Waals surface area contributed by atoms with Gasteiger partial charge in [0.25, 0.3) is 11.8 Å². The predicted octanol–water partition coefficient (Wildman–Crippen LogP) is 1.88. The largest absolute Gasteiger partial charge is 0.454 e. The molecule has 10 heteroatoms. The van der Waals surface area contributed by atoms with Crippen LogP contribution in [0.4, 0.5) is 10.5 Å². The van der Waals surface area contributed by atoms with E-state index in [4.69, 9.17) is 4.74 Å². The number of hydrogen-bond acceptors (Lipinski definition) is 6. The zero-order valence-corrected chi connectivity index (χ0v) is 20.2. The normalized spacial score (nSPS) is 28.1. The molecule has 1 aromatic carbocycles. The number of rotatable bonds is 7. The third-order valence-electron chi connectivity index (χ3n) is 7.94. The van der Waals surface area contributed by atoms with Crippen molar-refractivity contribution in [1.82, 2.24) is 16.0 Å². The van der Waals surface area contributed by atoms with Crippen LogP contribution in [0.5, 0.6) is 0 Å². The van der Waals surface area contributed by atoms with Crippen molar-refractivity contribution in [1.29, 1.82) is 0 Å². The number of nitrogens with one attached hydrogen (secondary N) is 3. The molecule has 6 rings (SSSR count). The number of carbonyl (C=O) groups is 5. The van der Waals surface area contributed by atoms with E-state index in [0.29, 0.717) is 36.3 Å². The molecule has 3 N–H and O–H groups in total. The number of anilines is 1. The Balaban J connectivity index is 1.01. The summed E-state index contributed by atoms with van der Waals surface area (Å²) in [5, 5.41) is 7.73. The zero-order valence-electron chi connectivity index (χ0n) is 20.2. The van der Waals surface area contributed by atoms with Crippen molar-refractivity contribution in [2.24, 2.45) is 17.8 Å². The molecular formula is C26H32N4O6. The Morgan fingerprint density at radius 2 is 1.61 bits per heavy atom.